The van der Waals surface area contributed by atoms with Crippen molar-refractivity contribution in [2.24, 2.45) is 0 Å². The van der Waals surface area contributed by atoms with Crippen LogP contribution in [0.1, 0.15) is 12.0 Å². The minimum atomic E-state index is -1.07. The molecule has 2 unspecified atom stereocenters. The van der Waals surface area contributed by atoms with E-state index in [1.165, 1.54) is 13.1 Å². The monoisotopic (exact) mass is 258 g/mol. The molecule has 1 aliphatic rings. The van der Waals surface area contributed by atoms with Crippen molar-refractivity contribution in [1.29, 1.82) is 0 Å². The van der Waals surface area contributed by atoms with E-state index in [4.69, 9.17) is 19.7 Å². The smallest absolute Gasteiger partial charge is 0.332 e. The van der Waals surface area contributed by atoms with Crippen molar-refractivity contribution in [3.05, 3.63) is 32.6 Å². The zero-order chi connectivity index (χ0) is 13.3. The highest BCUT2D eigenvalue weighted by Crippen LogP contribution is 2.25. The Kier molecular flexibility index (Phi) is 3.62. The molecular formula is C10H14N2O6. The molecule has 3 N–H and O–H groups in total. The standard InChI is InChI=1S/C10H14N2O6/c1-5-2-12(9(16)11-8(5)15)10-17-6(3-13)7(4-14)18-10/h2,6-7,10,13-14H,3-4H2,1H3,(H,11,15,16). The zero-order valence-electron chi connectivity index (χ0n) is 9.70. The summed E-state index contributed by atoms with van der Waals surface area (Å²) in [4.78, 5) is 24.9. The highest BCUT2D eigenvalue weighted by atomic mass is 16.8. The van der Waals surface area contributed by atoms with Crippen LogP contribution in [0.15, 0.2) is 15.8 Å². The molecule has 18 heavy (non-hydrogen) atoms. The zero-order valence-corrected chi connectivity index (χ0v) is 9.70. The second-order valence-electron chi connectivity index (χ2n) is 4.00. The van der Waals surface area contributed by atoms with E-state index in [0.29, 0.717) is 5.56 Å². The van der Waals surface area contributed by atoms with Crippen LogP contribution in [-0.2, 0) is 9.47 Å². The first-order valence-electron chi connectivity index (χ1n) is 5.41. The molecule has 8 heteroatoms. The molecule has 2 rings (SSSR count). The number of aliphatic hydroxyl groups excluding tert-OH is 2. The Morgan fingerprint density at radius 2 is 1.83 bits per heavy atom. The number of nitrogens with zero attached hydrogens (tertiary/aromatic N) is 1. The van der Waals surface area contributed by atoms with E-state index in [1.807, 2.05) is 0 Å². The molecule has 1 fully saturated rings. The number of aryl methyl sites for hydroxylation is 1. The molecule has 0 aromatic carbocycles. The van der Waals surface area contributed by atoms with Crippen molar-refractivity contribution in [3.8, 4) is 0 Å². The first-order valence-corrected chi connectivity index (χ1v) is 5.41. The van der Waals surface area contributed by atoms with E-state index in [9.17, 15) is 9.59 Å². The Morgan fingerprint density at radius 1 is 1.28 bits per heavy atom. The average Bonchev–Trinajstić information content (AvgIpc) is 2.76. The second kappa shape index (κ2) is 5.02. The lowest BCUT2D eigenvalue weighted by atomic mass is 10.2. The summed E-state index contributed by atoms with van der Waals surface area (Å²) in [5.74, 6) is 0. The topological polar surface area (TPSA) is 114 Å². The lowest BCUT2D eigenvalue weighted by Gasteiger charge is -2.13. The number of H-pyrrole nitrogens is 1. The van der Waals surface area contributed by atoms with Crippen molar-refractivity contribution in [2.75, 3.05) is 13.2 Å². The van der Waals surface area contributed by atoms with Crippen LogP contribution < -0.4 is 11.2 Å². The normalized spacial score (nSPS) is 27.6. The van der Waals surface area contributed by atoms with Gasteiger partial charge >= 0.3 is 5.69 Å². The summed E-state index contributed by atoms with van der Waals surface area (Å²) in [5, 5.41) is 18.1. The number of aliphatic hydroxyl groups is 2. The van der Waals surface area contributed by atoms with Gasteiger partial charge in [0, 0.05) is 11.8 Å². The number of rotatable bonds is 3. The van der Waals surface area contributed by atoms with Crippen LogP contribution in [-0.4, -0.2) is 45.2 Å². The molecular weight excluding hydrogens is 244 g/mol. The molecule has 1 aromatic rings. The van der Waals surface area contributed by atoms with E-state index >= 15 is 0 Å². The first-order chi connectivity index (χ1) is 8.56. The summed E-state index contributed by atoms with van der Waals surface area (Å²) in [5.41, 5.74) is -0.827. The SMILES string of the molecule is Cc1cn(C2OC(CO)C(CO)O2)c(=O)[nH]c1=O. The predicted molar refractivity (Wildman–Crippen MR) is 59.0 cm³/mol. The predicted octanol–water partition coefficient (Wildman–Crippen LogP) is -1.93. The fourth-order valence-electron chi connectivity index (χ4n) is 1.70. The third kappa shape index (κ3) is 2.23. The van der Waals surface area contributed by atoms with Crippen molar-refractivity contribution >= 4 is 0 Å². The minimum Gasteiger partial charge on any atom is -0.394 e. The summed E-state index contributed by atoms with van der Waals surface area (Å²) < 4.78 is 11.6. The van der Waals surface area contributed by atoms with Crippen molar-refractivity contribution in [3.63, 3.8) is 0 Å². The third-order valence-electron chi connectivity index (χ3n) is 2.73. The summed E-state index contributed by atoms with van der Waals surface area (Å²) in [6.45, 7) is 0.869. The average molecular weight is 258 g/mol. The quantitative estimate of drug-likeness (QED) is 0.582. The number of aromatic nitrogens is 2. The van der Waals surface area contributed by atoms with Gasteiger partial charge in [-0.05, 0) is 6.92 Å². The van der Waals surface area contributed by atoms with Gasteiger partial charge in [0.15, 0.2) is 0 Å². The molecule has 0 aliphatic carbocycles. The summed E-state index contributed by atoms with van der Waals surface area (Å²) in [7, 11) is 0. The number of hydrogen-bond donors (Lipinski definition) is 3. The lowest BCUT2D eigenvalue weighted by molar-refractivity contribution is -0.131. The highest BCUT2D eigenvalue weighted by Gasteiger charge is 2.36. The van der Waals surface area contributed by atoms with Gasteiger partial charge in [-0.2, -0.15) is 0 Å². The second-order valence-corrected chi connectivity index (χ2v) is 4.00. The minimum absolute atomic E-state index is 0.329. The Bertz CT molecular complexity index is 524. The van der Waals surface area contributed by atoms with Crippen LogP contribution in [0.3, 0.4) is 0 Å². The van der Waals surface area contributed by atoms with E-state index in [0.717, 1.165) is 4.57 Å². The van der Waals surface area contributed by atoms with Gasteiger partial charge in [-0.25, -0.2) is 9.36 Å². The first kappa shape index (κ1) is 13.0. The van der Waals surface area contributed by atoms with E-state index < -0.39 is 29.9 Å². The van der Waals surface area contributed by atoms with Gasteiger partial charge in [0.1, 0.15) is 12.2 Å². The Balaban J connectivity index is 2.31. The number of ether oxygens (including phenoxy) is 2. The van der Waals surface area contributed by atoms with Crippen LogP contribution in [0, 0.1) is 6.92 Å². The van der Waals surface area contributed by atoms with Gasteiger partial charge in [0.25, 0.3) is 5.56 Å². The molecule has 1 saturated heterocycles. The number of nitrogens with one attached hydrogen (secondary N) is 1. The number of aromatic amines is 1. The molecule has 0 spiro atoms. The summed E-state index contributed by atoms with van der Waals surface area (Å²) >= 11 is 0. The van der Waals surface area contributed by atoms with Gasteiger partial charge in [0.05, 0.1) is 13.2 Å². The fraction of sp³-hybridized carbons (Fsp3) is 0.600. The van der Waals surface area contributed by atoms with E-state index in [1.54, 1.807) is 0 Å². The summed E-state index contributed by atoms with van der Waals surface area (Å²) in [6.07, 6.45) is -1.18. The molecule has 8 nitrogen and oxygen atoms in total. The van der Waals surface area contributed by atoms with Gasteiger partial charge in [0.2, 0.25) is 6.41 Å². The molecule has 2 heterocycles. The van der Waals surface area contributed by atoms with Gasteiger partial charge < -0.3 is 19.7 Å². The lowest BCUT2D eigenvalue weighted by Crippen LogP contribution is -2.34. The van der Waals surface area contributed by atoms with Gasteiger partial charge in [-0.3, -0.25) is 9.78 Å². The van der Waals surface area contributed by atoms with Crippen molar-refractivity contribution in [1.82, 2.24) is 9.55 Å². The Morgan fingerprint density at radius 3 is 2.33 bits per heavy atom. The van der Waals surface area contributed by atoms with Crippen LogP contribution in [0.2, 0.25) is 0 Å². The molecule has 0 radical (unpaired) electrons. The van der Waals surface area contributed by atoms with E-state index in [-0.39, 0.29) is 13.2 Å². The van der Waals surface area contributed by atoms with Gasteiger partial charge in [-0.15, -0.1) is 0 Å². The van der Waals surface area contributed by atoms with Crippen molar-refractivity contribution in [2.45, 2.75) is 25.5 Å². The summed E-state index contributed by atoms with van der Waals surface area (Å²) in [6, 6.07) is 0. The molecule has 0 bridgehead atoms. The molecule has 1 aromatic heterocycles. The molecule has 0 amide bonds. The molecule has 0 saturated carbocycles. The molecule has 1 aliphatic heterocycles. The van der Waals surface area contributed by atoms with E-state index in [2.05, 4.69) is 4.98 Å². The Labute approximate surface area is 101 Å². The molecule has 100 valence electrons. The van der Waals surface area contributed by atoms with Crippen LogP contribution in [0.25, 0.3) is 0 Å². The third-order valence-corrected chi connectivity index (χ3v) is 2.73. The largest absolute Gasteiger partial charge is 0.394 e. The maximum Gasteiger partial charge on any atom is 0.332 e. The number of hydrogen-bond acceptors (Lipinski definition) is 6. The van der Waals surface area contributed by atoms with Crippen LogP contribution >= 0.6 is 0 Å². The Hall–Kier alpha value is -1.48. The van der Waals surface area contributed by atoms with Gasteiger partial charge in [-0.1, -0.05) is 0 Å². The fourth-order valence-corrected chi connectivity index (χ4v) is 1.70. The maximum absolute atomic E-state index is 11.6. The van der Waals surface area contributed by atoms with Crippen LogP contribution in [0.5, 0.6) is 0 Å². The molecule has 2 atom stereocenters. The van der Waals surface area contributed by atoms with Crippen LogP contribution in [0.4, 0.5) is 0 Å². The van der Waals surface area contributed by atoms with Crippen molar-refractivity contribution < 1.29 is 19.7 Å². The maximum atomic E-state index is 11.6. The highest BCUT2D eigenvalue weighted by molar-refractivity contribution is 5.01.